The van der Waals surface area contributed by atoms with E-state index in [2.05, 4.69) is 5.32 Å². The zero-order valence-electron chi connectivity index (χ0n) is 14.7. The maximum atomic E-state index is 12.5. The van der Waals surface area contributed by atoms with Crippen LogP contribution in [-0.2, 0) is 9.59 Å². The Bertz CT molecular complexity index is 961. The summed E-state index contributed by atoms with van der Waals surface area (Å²) in [5.74, 6) is -1.53. The van der Waals surface area contributed by atoms with Crippen LogP contribution in [0.4, 0.5) is 5.69 Å². The predicted octanol–water partition coefficient (Wildman–Crippen LogP) is 3.97. The van der Waals surface area contributed by atoms with Crippen molar-refractivity contribution in [3.8, 4) is 11.8 Å². The molecular formula is C20H17ClN2O4. The van der Waals surface area contributed by atoms with Crippen molar-refractivity contribution in [3.05, 3.63) is 63.7 Å². The maximum absolute atomic E-state index is 12.5. The lowest BCUT2D eigenvalue weighted by atomic mass is 10.1. The highest BCUT2D eigenvalue weighted by Crippen LogP contribution is 2.26. The van der Waals surface area contributed by atoms with E-state index in [1.807, 2.05) is 32.0 Å². The van der Waals surface area contributed by atoms with Crippen LogP contribution in [0.5, 0.6) is 5.75 Å². The molecule has 6 nitrogen and oxygen atoms in total. The lowest BCUT2D eigenvalue weighted by molar-refractivity contribution is -0.139. The smallest absolute Gasteiger partial charge is 0.341 e. The Morgan fingerprint density at radius 1 is 1.26 bits per heavy atom. The number of anilines is 1. The third-order valence-corrected chi connectivity index (χ3v) is 3.85. The SMILES string of the molecule is Cc1ccc(NC(=O)/C(C#N)=C/c2cc(Cl)ccc2OCC(=O)O)c(C)c1. The highest BCUT2D eigenvalue weighted by molar-refractivity contribution is 6.30. The van der Waals surface area contributed by atoms with Gasteiger partial charge in [-0.25, -0.2) is 4.79 Å². The van der Waals surface area contributed by atoms with Crippen molar-refractivity contribution >= 4 is 35.2 Å². The molecule has 27 heavy (non-hydrogen) atoms. The average Bonchev–Trinajstić information content (AvgIpc) is 2.61. The van der Waals surface area contributed by atoms with Gasteiger partial charge in [0.2, 0.25) is 0 Å². The quantitative estimate of drug-likeness (QED) is 0.580. The van der Waals surface area contributed by atoms with Crippen LogP contribution in [0, 0.1) is 25.2 Å². The van der Waals surface area contributed by atoms with Crippen LogP contribution in [0.1, 0.15) is 16.7 Å². The molecule has 0 aromatic heterocycles. The predicted molar refractivity (Wildman–Crippen MR) is 103 cm³/mol. The van der Waals surface area contributed by atoms with Gasteiger partial charge in [-0.05, 0) is 49.8 Å². The zero-order chi connectivity index (χ0) is 20.0. The Kier molecular flexibility index (Phi) is 6.58. The molecule has 0 saturated heterocycles. The van der Waals surface area contributed by atoms with Crippen molar-refractivity contribution in [2.24, 2.45) is 0 Å². The van der Waals surface area contributed by atoms with E-state index in [-0.39, 0.29) is 11.3 Å². The third-order valence-electron chi connectivity index (χ3n) is 3.62. The van der Waals surface area contributed by atoms with Crippen LogP contribution >= 0.6 is 11.6 Å². The molecule has 0 aliphatic rings. The van der Waals surface area contributed by atoms with E-state index >= 15 is 0 Å². The molecule has 0 heterocycles. The number of aliphatic carboxylic acids is 1. The number of rotatable bonds is 6. The highest BCUT2D eigenvalue weighted by atomic mass is 35.5. The van der Waals surface area contributed by atoms with Crippen molar-refractivity contribution < 1.29 is 19.4 Å². The number of carbonyl (C=O) groups is 2. The molecule has 0 unspecified atom stereocenters. The number of benzene rings is 2. The first-order chi connectivity index (χ1) is 12.8. The molecule has 2 aromatic rings. The fourth-order valence-corrected chi connectivity index (χ4v) is 2.53. The van der Waals surface area contributed by atoms with Crippen LogP contribution in [0.15, 0.2) is 42.0 Å². The molecular weight excluding hydrogens is 368 g/mol. The number of halogens is 1. The summed E-state index contributed by atoms with van der Waals surface area (Å²) in [6, 6.07) is 11.9. The Labute approximate surface area is 161 Å². The number of amides is 1. The summed E-state index contributed by atoms with van der Waals surface area (Å²) in [6.07, 6.45) is 1.31. The first kappa shape index (κ1) is 20.0. The molecule has 7 heteroatoms. The summed E-state index contributed by atoms with van der Waals surface area (Å²) >= 11 is 5.97. The van der Waals surface area contributed by atoms with E-state index in [4.69, 9.17) is 21.4 Å². The van der Waals surface area contributed by atoms with Crippen LogP contribution in [-0.4, -0.2) is 23.6 Å². The van der Waals surface area contributed by atoms with E-state index in [0.29, 0.717) is 16.3 Å². The number of carboxylic acids is 1. The zero-order valence-corrected chi connectivity index (χ0v) is 15.5. The van der Waals surface area contributed by atoms with Gasteiger partial charge in [-0.2, -0.15) is 5.26 Å². The van der Waals surface area contributed by atoms with E-state index in [1.165, 1.54) is 24.3 Å². The lowest BCUT2D eigenvalue weighted by Gasteiger charge is -2.10. The number of hydrogen-bond donors (Lipinski definition) is 2. The van der Waals surface area contributed by atoms with Crippen molar-refractivity contribution in [2.45, 2.75) is 13.8 Å². The molecule has 0 fully saturated rings. The molecule has 0 saturated carbocycles. The molecule has 0 aliphatic heterocycles. The summed E-state index contributed by atoms with van der Waals surface area (Å²) in [4.78, 5) is 23.2. The fourth-order valence-electron chi connectivity index (χ4n) is 2.35. The molecule has 2 rings (SSSR count). The Balaban J connectivity index is 2.32. The topological polar surface area (TPSA) is 99.4 Å². The molecule has 0 spiro atoms. The summed E-state index contributed by atoms with van der Waals surface area (Å²) in [5.41, 5.74) is 2.68. The van der Waals surface area contributed by atoms with Gasteiger partial charge in [0.05, 0.1) is 0 Å². The van der Waals surface area contributed by atoms with Gasteiger partial charge in [0.15, 0.2) is 6.61 Å². The molecule has 1 amide bonds. The number of aryl methyl sites for hydroxylation is 2. The fraction of sp³-hybridized carbons (Fsp3) is 0.150. The van der Waals surface area contributed by atoms with Gasteiger partial charge in [-0.3, -0.25) is 4.79 Å². The van der Waals surface area contributed by atoms with Gasteiger partial charge < -0.3 is 15.2 Å². The van der Waals surface area contributed by atoms with Gasteiger partial charge in [0, 0.05) is 16.3 Å². The average molecular weight is 385 g/mol. The minimum atomic E-state index is -1.15. The number of ether oxygens (including phenoxy) is 1. The van der Waals surface area contributed by atoms with Gasteiger partial charge in [-0.15, -0.1) is 0 Å². The second-order valence-corrected chi connectivity index (χ2v) is 6.24. The maximum Gasteiger partial charge on any atom is 0.341 e. The van der Waals surface area contributed by atoms with Crippen LogP contribution in [0.3, 0.4) is 0 Å². The number of carbonyl (C=O) groups excluding carboxylic acids is 1. The van der Waals surface area contributed by atoms with Crippen LogP contribution in [0.25, 0.3) is 6.08 Å². The Morgan fingerprint density at radius 2 is 2.00 bits per heavy atom. The first-order valence-corrected chi connectivity index (χ1v) is 8.32. The molecule has 0 bridgehead atoms. The van der Waals surface area contributed by atoms with Crippen molar-refractivity contribution in [1.29, 1.82) is 5.26 Å². The molecule has 0 radical (unpaired) electrons. The summed E-state index contributed by atoms with van der Waals surface area (Å²) in [7, 11) is 0. The standard InChI is InChI=1S/C20H17ClN2O4/c1-12-3-5-17(13(2)7-12)23-20(26)15(10-22)8-14-9-16(21)4-6-18(14)27-11-19(24)25/h3-9H,11H2,1-2H3,(H,23,26)(H,24,25)/b15-8+. The summed E-state index contributed by atoms with van der Waals surface area (Å²) in [5, 5.41) is 21.2. The van der Waals surface area contributed by atoms with E-state index < -0.39 is 18.5 Å². The van der Waals surface area contributed by atoms with Gasteiger partial charge in [0.1, 0.15) is 17.4 Å². The van der Waals surface area contributed by atoms with E-state index in [0.717, 1.165) is 11.1 Å². The number of nitrogens with zero attached hydrogens (tertiary/aromatic N) is 1. The number of carboxylic acid groups (broad SMARTS) is 1. The Hall–Kier alpha value is -3.30. The molecule has 2 N–H and O–H groups in total. The highest BCUT2D eigenvalue weighted by Gasteiger charge is 2.13. The number of nitrogens with one attached hydrogen (secondary N) is 1. The number of hydrogen-bond acceptors (Lipinski definition) is 4. The minimum Gasteiger partial charge on any atom is -0.481 e. The van der Waals surface area contributed by atoms with Gasteiger partial charge in [0.25, 0.3) is 5.91 Å². The second kappa shape index (κ2) is 8.88. The van der Waals surface area contributed by atoms with Crippen molar-refractivity contribution in [1.82, 2.24) is 0 Å². The number of nitriles is 1. The second-order valence-electron chi connectivity index (χ2n) is 5.81. The molecule has 138 valence electrons. The summed E-state index contributed by atoms with van der Waals surface area (Å²) < 4.78 is 5.19. The summed E-state index contributed by atoms with van der Waals surface area (Å²) in [6.45, 7) is 3.24. The monoisotopic (exact) mass is 384 g/mol. The van der Waals surface area contributed by atoms with Crippen LogP contribution < -0.4 is 10.1 Å². The van der Waals surface area contributed by atoms with E-state index in [9.17, 15) is 14.9 Å². The van der Waals surface area contributed by atoms with Gasteiger partial charge >= 0.3 is 5.97 Å². The molecule has 0 aliphatic carbocycles. The van der Waals surface area contributed by atoms with Crippen LogP contribution in [0.2, 0.25) is 5.02 Å². The van der Waals surface area contributed by atoms with Gasteiger partial charge in [-0.1, -0.05) is 29.3 Å². The van der Waals surface area contributed by atoms with Crippen molar-refractivity contribution in [2.75, 3.05) is 11.9 Å². The first-order valence-electron chi connectivity index (χ1n) is 7.94. The largest absolute Gasteiger partial charge is 0.481 e. The lowest BCUT2D eigenvalue weighted by Crippen LogP contribution is -2.14. The van der Waals surface area contributed by atoms with Crippen molar-refractivity contribution in [3.63, 3.8) is 0 Å². The molecule has 0 atom stereocenters. The molecule has 2 aromatic carbocycles. The minimum absolute atomic E-state index is 0.169. The third kappa shape index (κ3) is 5.59. The Morgan fingerprint density at radius 3 is 2.63 bits per heavy atom. The van der Waals surface area contributed by atoms with E-state index in [1.54, 1.807) is 6.07 Å². The normalized spacial score (nSPS) is 10.8.